The lowest BCUT2D eigenvalue weighted by Crippen LogP contribution is -2.08. The third kappa shape index (κ3) is 2.25. The predicted octanol–water partition coefficient (Wildman–Crippen LogP) is 4.02. The molecule has 0 aliphatic heterocycles. The van der Waals surface area contributed by atoms with Crippen molar-refractivity contribution in [3.8, 4) is 0 Å². The van der Waals surface area contributed by atoms with E-state index in [1.54, 1.807) is 0 Å². The highest BCUT2D eigenvalue weighted by molar-refractivity contribution is 5.83. The maximum Gasteiger partial charge on any atom is 0.303 e. The van der Waals surface area contributed by atoms with E-state index in [1.807, 2.05) is 26.0 Å². The van der Waals surface area contributed by atoms with E-state index in [2.05, 4.69) is 6.07 Å². The Kier molecular flexibility index (Phi) is 2.85. The third-order valence-electron chi connectivity index (χ3n) is 4.21. The molecule has 1 aliphatic rings. The molecule has 1 saturated carbocycles. The highest BCUT2D eigenvalue weighted by atomic mass is 16.4. The van der Waals surface area contributed by atoms with Crippen LogP contribution in [0.4, 0.5) is 0 Å². The minimum Gasteiger partial charge on any atom is -0.481 e. The Bertz CT molecular complexity index is 635. The Labute approximate surface area is 112 Å². The summed E-state index contributed by atoms with van der Waals surface area (Å²) < 4.78 is 5.67. The van der Waals surface area contributed by atoms with Gasteiger partial charge in [-0.25, -0.2) is 0 Å². The quantitative estimate of drug-likeness (QED) is 0.901. The van der Waals surface area contributed by atoms with Crippen molar-refractivity contribution in [2.75, 3.05) is 0 Å². The number of carboxylic acid groups (broad SMARTS) is 1. The summed E-state index contributed by atoms with van der Waals surface area (Å²) in [4.78, 5) is 11.0. The van der Waals surface area contributed by atoms with Gasteiger partial charge in [0.05, 0.1) is 6.42 Å². The first-order chi connectivity index (χ1) is 9.06. The van der Waals surface area contributed by atoms with Crippen LogP contribution in [0.25, 0.3) is 11.0 Å². The summed E-state index contributed by atoms with van der Waals surface area (Å²) in [6.07, 6.45) is 2.53. The summed E-state index contributed by atoms with van der Waals surface area (Å²) in [5.41, 5.74) is 3.19. The summed E-state index contributed by atoms with van der Waals surface area (Å²) in [5.74, 6) is 0.920. The van der Waals surface area contributed by atoms with E-state index in [9.17, 15) is 4.79 Å². The number of hydrogen-bond donors (Lipinski definition) is 1. The molecule has 1 atom stereocenters. The van der Waals surface area contributed by atoms with Crippen LogP contribution < -0.4 is 0 Å². The second-order valence-electron chi connectivity index (χ2n) is 5.58. The summed E-state index contributed by atoms with van der Waals surface area (Å²) >= 11 is 0. The normalized spacial score (nSPS) is 16.7. The molecule has 1 N–H and O–H groups in total. The van der Waals surface area contributed by atoms with E-state index >= 15 is 0 Å². The van der Waals surface area contributed by atoms with Crippen molar-refractivity contribution in [1.82, 2.24) is 0 Å². The van der Waals surface area contributed by atoms with Crippen molar-refractivity contribution in [1.29, 1.82) is 0 Å². The van der Waals surface area contributed by atoms with Gasteiger partial charge >= 0.3 is 5.97 Å². The number of benzene rings is 1. The summed E-state index contributed by atoms with van der Waals surface area (Å²) in [7, 11) is 0. The van der Waals surface area contributed by atoms with Gasteiger partial charge in [-0.3, -0.25) is 4.79 Å². The zero-order chi connectivity index (χ0) is 13.6. The fourth-order valence-corrected chi connectivity index (χ4v) is 2.83. The van der Waals surface area contributed by atoms with Crippen LogP contribution in [0.15, 0.2) is 22.6 Å². The summed E-state index contributed by atoms with van der Waals surface area (Å²) in [6, 6.07) is 6.12. The maximum absolute atomic E-state index is 11.0. The number of furan rings is 1. The van der Waals surface area contributed by atoms with Gasteiger partial charge in [-0.15, -0.1) is 0 Å². The minimum atomic E-state index is -0.711. The number of rotatable bonds is 4. The number of fused-ring (bicyclic) bond motifs is 1. The molecular formula is C16H18O3. The first-order valence-electron chi connectivity index (χ1n) is 6.77. The Morgan fingerprint density at radius 3 is 2.79 bits per heavy atom. The fraction of sp³-hybridized carbons (Fsp3) is 0.438. The van der Waals surface area contributed by atoms with Crippen LogP contribution >= 0.6 is 0 Å². The maximum atomic E-state index is 11.0. The van der Waals surface area contributed by atoms with E-state index in [1.165, 1.54) is 0 Å². The predicted molar refractivity (Wildman–Crippen MR) is 73.4 cm³/mol. The molecule has 0 spiro atoms. The van der Waals surface area contributed by atoms with E-state index in [0.717, 1.165) is 40.7 Å². The molecule has 19 heavy (non-hydrogen) atoms. The van der Waals surface area contributed by atoms with Crippen LogP contribution in [-0.4, -0.2) is 11.1 Å². The molecule has 1 heterocycles. The second kappa shape index (κ2) is 4.41. The Hall–Kier alpha value is -1.77. The highest BCUT2D eigenvalue weighted by Crippen LogP contribution is 2.45. The number of hydrogen-bond acceptors (Lipinski definition) is 2. The van der Waals surface area contributed by atoms with Gasteiger partial charge in [-0.2, -0.15) is 0 Å². The standard InChI is InChI=1S/C16H18O3/c1-9-10(2)19-15-6-5-12(7-13(9)15)14(8-16(17)18)11-3-4-11/h5-7,11,14H,3-4,8H2,1-2H3,(H,17,18). The van der Waals surface area contributed by atoms with Gasteiger partial charge in [0.15, 0.2) is 0 Å². The van der Waals surface area contributed by atoms with Crippen molar-refractivity contribution in [3.05, 3.63) is 35.1 Å². The van der Waals surface area contributed by atoms with Gasteiger partial charge in [0.2, 0.25) is 0 Å². The molecule has 1 fully saturated rings. The van der Waals surface area contributed by atoms with Gasteiger partial charge in [-0.05, 0) is 61.8 Å². The second-order valence-corrected chi connectivity index (χ2v) is 5.58. The Morgan fingerprint density at radius 2 is 2.16 bits per heavy atom. The number of carbonyl (C=O) groups is 1. The molecular weight excluding hydrogens is 240 g/mol. The Balaban J connectivity index is 2.02. The molecule has 1 unspecified atom stereocenters. The lowest BCUT2D eigenvalue weighted by atomic mass is 9.90. The largest absolute Gasteiger partial charge is 0.481 e. The van der Waals surface area contributed by atoms with Crippen LogP contribution in [-0.2, 0) is 4.79 Å². The van der Waals surface area contributed by atoms with Gasteiger partial charge < -0.3 is 9.52 Å². The van der Waals surface area contributed by atoms with Crippen LogP contribution in [0.1, 0.15) is 42.1 Å². The molecule has 1 aromatic carbocycles. The molecule has 3 rings (SSSR count). The van der Waals surface area contributed by atoms with Crippen molar-refractivity contribution < 1.29 is 14.3 Å². The van der Waals surface area contributed by atoms with E-state index in [4.69, 9.17) is 9.52 Å². The zero-order valence-electron chi connectivity index (χ0n) is 11.3. The van der Waals surface area contributed by atoms with Crippen LogP contribution in [0.2, 0.25) is 0 Å². The van der Waals surface area contributed by atoms with Gasteiger partial charge in [0, 0.05) is 5.39 Å². The van der Waals surface area contributed by atoms with Gasteiger partial charge in [-0.1, -0.05) is 6.07 Å². The van der Waals surface area contributed by atoms with Crippen LogP contribution in [0.3, 0.4) is 0 Å². The third-order valence-corrected chi connectivity index (χ3v) is 4.21. The smallest absolute Gasteiger partial charge is 0.303 e. The average Bonchev–Trinajstić information content (AvgIpc) is 3.15. The topological polar surface area (TPSA) is 50.4 Å². The molecule has 3 heteroatoms. The lowest BCUT2D eigenvalue weighted by Gasteiger charge is -2.14. The first kappa shape index (κ1) is 12.3. The first-order valence-corrected chi connectivity index (χ1v) is 6.77. The zero-order valence-corrected chi connectivity index (χ0v) is 11.3. The van der Waals surface area contributed by atoms with Crippen molar-refractivity contribution in [2.45, 2.75) is 39.0 Å². The van der Waals surface area contributed by atoms with Crippen molar-refractivity contribution in [3.63, 3.8) is 0 Å². The van der Waals surface area contributed by atoms with E-state index in [-0.39, 0.29) is 12.3 Å². The molecule has 0 radical (unpaired) electrons. The minimum absolute atomic E-state index is 0.150. The molecule has 100 valence electrons. The fourth-order valence-electron chi connectivity index (χ4n) is 2.83. The SMILES string of the molecule is Cc1oc2ccc(C(CC(=O)O)C3CC3)cc2c1C. The highest BCUT2D eigenvalue weighted by Gasteiger charge is 2.33. The lowest BCUT2D eigenvalue weighted by molar-refractivity contribution is -0.137. The molecule has 0 amide bonds. The Morgan fingerprint density at radius 1 is 1.42 bits per heavy atom. The monoisotopic (exact) mass is 258 g/mol. The number of aliphatic carboxylic acids is 1. The molecule has 0 bridgehead atoms. The van der Waals surface area contributed by atoms with Crippen molar-refractivity contribution >= 4 is 16.9 Å². The molecule has 1 aromatic heterocycles. The van der Waals surface area contributed by atoms with Crippen molar-refractivity contribution in [2.24, 2.45) is 5.92 Å². The summed E-state index contributed by atoms with van der Waals surface area (Å²) in [5, 5.41) is 10.2. The molecule has 1 aliphatic carbocycles. The van der Waals surface area contributed by atoms with E-state index < -0.39 is 5.97 Å². The number of aryl methyl sites for hydroxylation is 2. The molecule has 3 nitrogen and oxygen atoms in total. The van der Waals surface area contributed by atoms with Gasteiger partial charge in [0.1, 0.15) is 11.3 Å². The van der Waals surface area contributed by atoms with Crippen LogP contribution in [0, 0.1) is 19.8 Å². The van der Waals surface area contributed by atoms with Crippen LogP contribution in [0.5, 0.6) is 0 Å². The number of carboxylic acids is 1. The van der Waals surface area contributed by atoms with E-state index in [0.29, 0.717) is 5.92 Å². The average molecular weight is 258 g/mol. The summed E-state index contributed by atoms with van der Waals surface area (Å²) in [6.45, 7) is 4.01. The molecule has 2 aromatic rings. The van der Waals surface area contributed by atoms with Gasteiger partial charge in [0.25, 0.3) is 0 Å². The molecule has 0 saturated heterocycles.